The second kappa shape index (κ2) is 5.63. The number of hydrogen-bond donors (Lipinski definition) is 1. The van der Waals surface area contributed by atoms with Gasteiger partial charge in [-0.05, 0) is 25.1 Å². The van der Waals surface area contributed by atoms with Crippen LogP contribution in [0.3, 0.4) is 0 Å². The summed E-state index contributed by atoms with van der Waals surface area (Å²) in [6.45, 7) is 3.35. The van der Waals surface area contributed by atoms with Gasteiger partial charge in [0.2, 0.25) is 0 Å². The number of rotatable bonds is 2. The van der Waals surface area contributed by atoms with Crippen molar-refractivity contribution in [2.24, 2.45) is 0 Å². The van der Waals surface area contributed by atoms with Crippen molar-refractivity contribution in [2.45, 2.75) is 6.42 Å². The number of aromatic nitrogens is 1. The van der Waals surface area contributed by atoms with Crippen LogP contribution in [0, 0.1) is 0 Å². The monoisotopic (exact) mass is 235 g/mol. The summed E-state index contributed by atoms with van der Waals surface area (Å²) in [6.07, 6.45) is 2.56. The molecule has 5 nitrogen and oxygen atoms in total. The smallest absolute Gasteiger partial charge is 0.272 e. The molecule has 0 atom stereocenters. The summed E-state index contributed by atoms with van der Waals surface area (Å²) in [5.74, 6) is 0.662. The first-order chi connectivity index (χ1) is 8.31. The Morgan fingerprint density at radius 2 is 2.29 bits per heavy atom. The lowest BCUT2D eigenvalue weighted by Crippen LogP contribution is -2.34. The molecule has 1 N–H and O–H groups in total. The van der Waals surface area contributed by atoms with Crippen LogP contribution >= 0.6 is 0 Å². The van der Waals surface area contributed by atoms with Crippen molar-refractivity contribution in [1.82, 2.24) is 15.2 Å². The van der Waals surface area contributed by atoms with Crippen molar-refractivity contribution < 1.29 is 9.53 Å². The Morgan fingerprint density at radius 1 is 1.41 bits per heavy atom. The van der Waals surface area contributed by atoms with Gasteiger partial charge in [-0.3, -0.25) is 4.79 Å². The fourth-order valence-corrected chi connectivity index (χ4v) is 1.84. The first kappa shape index (κ1) is 11.9. The molecule has 1 aromatic rings. The first-order valence-corrected chi connectivity index (χ1v) is 5.81. The molecule has 1 fully saturated rings. The maximum absolute atomic E-state index is 12.1. The summed E-state index contributed by atoms with van der Waals surface area (Å²) < 4.78 is 5.02. The van der Waals surface area contributed by atoms with Gasteiger partial charge in [0.25, 0.3) is 5.91 Å². The molecule has 0 radical (unpaired) electrons. The minimum Gasteiger partial charge on any atom is -0.495 e. The third kappa shape index (κ3) is 2.94. The average Bonchev–Trinajstić information content (AvgIpc) is 2.67. The fraction of sp³-hybridized carbons (Fsp3) is 0.500. The van der Waals surface area contributed by atoms with Gasteiger partial charge in [-0.25, -0.2) is 4.98 Å². The van der Waals surface area contributed by atoms with E-state index in [4.69, 9.17) is 4.74 Å². The second-order valence-corrected chi connectivity index (χ2v) is 3.98. The van der Waals surface area contributed by atoms with E-state index in [1.54, 1.807) is 25.4 Å². The molecule has 17 heavy (non-hydrogen) atoms. The standard InChI is InChI=1S/C12H17N3O2/c1-17-10-3-4-11(14-9-10)12(16)15-7-2-5-13-6-8-15/h3-4,9,13H,2,5-8H2,1H3. The Bertz CT molecular complexity index is 370. The molecular weight excluding hydrogens is 218 g/mol. The highest BCUT2D eigenvalue weighted by molar-refractivity contribution is 5.92. The van der Waals surface area contributed by atoms with Crippen molar-refractivity contribution in [2.75, 3.05) is 33.3 Å². The molecule has 1 aromatic heterocycles. The second-order valence-electron chi connectivity index (χ2n) is 3.98. The molecule has 0 unspecified atom stereocenters. The van der Waals surface area contributed by atoms with Crippen LogP contribution in [0.4, 0.5) is 0 Å². The van der Waals surface area contributed by atoms with E-state index in [0.717, 1.165) is 32.6 Å². The Hall–Kier alpha value is -1.62. The first-order valence-electron chi connectivity index (χ1n) is 5.81. The molecule has 0 saturated carbocycles. The fourth-order valence-electron chi connectivity index (χ4n) is 1.84. The SMILES string of the molecule is COc1ccc(C(=O)N2CCCNCC2)nc1. The average molecular weight is 235 g/mol. The maximum Gasteiger partial charge on any atom is 0.272 e. The number of nitrogens with zero attached hydrogens (tertiary/aromatic N) is 2. The van der Waals surface area contributed by atoms with Crippen LogP contribution < -0.4 is 10.1 Å². The molecule has 0 bridgehead atoms. The zero-order valence-corrected chi connectivity index (χ0v) is 9.98. The number of ether oxygens (including phenoxy) is 1. The lowest BCUT2D eigenvalue weighted by Gasteiger charge is -2.19. The number of nitrogens with one attached hydrogen (secondary N) is 1. The Kier molecular flexibility index (Phi) is 3.93. The number of methoxy groups -OCH3 is 1. The van der Waals surface area contributed by atoms with Crippen molar-refractivity contribution in [3.8, 4) is 5.75 Å². The van der Waals surface area contributed by atoms with Crippen LogP contribution in [-0.2, 0) is 0 Å². The maximum atomic E-state index is 12.1. The number of amides is 1. The van der Waals surface area contributed by atoms with Crippen LogP contribution in [0.5, 0.6) is 5.75 Å². The zero-order chi connectivity index (χ0) is 12.1. The largest absolute Gasteiger partial charge is 0.495 e. The van der Waals surface area contributed by atoms with E-state index in [-0.39, 0.29) is 5.91 Å². The van der Waals surface area contributed by atoms with Crippen LogP contribution in [0.2, 0.25) is 0 Å². The van der Waals surface area contributed by atoms with E-state index in [9.17, 15) is 4.79 Å². The summed E-state index contributed by atoms with van der Waals surface area (Å²) in [6, 6.07) is 3.47. The van der Waals surface area contributed by atoms with Gasteiger partial charge in [0, 0.05) is 19.6 Å². The van der Waals surface area contributed by atoms with Crippen LogP contribution in [0.1, 0.15) is 16.9 Å². The minimum absolute atomic E-state index is 0.00338. The molecule has 1 aliphatic heterocycles. The number of pyridine rings is 1. The van der Waals surface area contributed by atoms with Crippen LogP contribution in [0.25, 0.3) is 0 Å². The summed E-state index contributed by atoms with van der Waals surface area (Å²) in [5, 5.41) is 3.27. The highest BCUT2D eigenvalue weighted by Crippen LogP contribution is 2.10. The molecule has 2 rings (SSSR count). The van der Waals surface area contributed by atoms with Gasteiger partial charge in [0.1, 0.15) is 11.4 Å². The minimum atomic E-state index is -0.00338. The number of carbonyl (C=O) groups excluding carboxylic acids is 1. The van der Waals surface area contributed by atoms with E-state index in [2.05, 4.69) is 10.3 Å². The third-order valence-electron chi connectivity index (χ3n) is 2.82. The van der Waals surface area contributed by atoms with E-state index in [1.165, 1.54) is 0 Å². The number of carbonyl (C=O) groups is 1. The predicted octanol–water partition coefficient (Wildman–Crippen LogP) is 0.526. The molecule has 1 aliphatic rings. The molecule has 1 saturated heterocycles. The lowest BCUT2D eigenvalue weighted by atomic mass is 10.3. The Morgan fingerprint density at radius 3 is 3.00 bits per heavy atom. The van der Waals surface area contributed by atoms with Gasteiger partial charge in [-0.15, -0.1) is 0 Å². The van der Waals surface area contributed by atoms with Gasteiger partial charge in [0.15, 0.2) is 0 Å². The summed E-state index contributed by atoms with van der Waals surface area (Å²) in [7, 11) is 1.58. The molecule has 92 valence electrons. The number of hydrogen-bond acceptors (Lipinski definition) is 4. The van der Waals surface area contributed by atoms with Crippen molar-refractivity contribution >= 4 is 5.91 Å². The van der Waals surface area contributed by atoms with Gasteiger partial charge in [0.05, 0.1) is 13.3 Å². The van der Waals surface area contributed by atoms with E-state index in [1.807, 2.05) is 4.90 Å². The van der Waals surface area contributed by atoms with E-state index in [0.29, 0.717) is 11.4 Å². The molecule has 5 heteroatoms. The highest BCUT2D eigenvalue weighted by atomic mass is 16.5. The predicted molar refractivity (Wildman–Crippen MR) is 64.2 cm³/mol. The van der Waals surface area contributed by atoms with Crippen LogP contribution in [-0.4, -0.2) is 49.1 Å². The quantitative estimate of drug-likeness (QED) is 0.812. The molecule has 0 aromatic carbocycles. The zero-order valence-electron chi connectivity index (χ0n) is 9.98. The van der Waals surface area contributed by atoms with Gasteiger partial charge >= 0.3 is 0 Å². The van der Waals surface area contributed by atoms with Crippen molar-refractivity contribution in [3.63, 3.8) is 0 Å². The highest BCUT2D eigenvalue weighted by Gasteiger charge is 2.17. The van der Waals surface area contributed by atoms with Gasteiger partial charge in [-0.1, -0.05) is 0 Å². The van der Waals surface area contributed by atoms with Gasteiger partial charge in [-0.2, -0.15) is 0 Å². The molecule has 0 spiro atoms. The summed E-state index contributed by atoms with van der Waals surface area (Å²) in [5.41, 5.74) is 0.479. The van der Waals surface area contributed by atoms with Gasteiger partial charge < -0.3 is 15.0 Å². The lowest BCUT2D eigenvalue weighted by molar-refractivity contribution is 0.0760. The van der Waals surface area contributed by atoms with Crippen LogP contribution in [0.15, 0.2) is 18.3 Å². The van der Waals surface area contributed by atoms with Crippen molar-refractivity contribution in [3.05, 3.63) is 24.0 Å². The normalized spacial score (nSPS) is 16.4. The molecule has 1 amide bonds. The summed E-state index contributed by atoms with van der Waals surface area (Å²) in [4.78, 5) is 18.1. The molecule has 2 heterocycles. The van der Waals surface area contributed by atoms with Crippen molar-refractivity contribution in [1.29, 1.82) is 0 Å². The van der Waals surface area contributed by atoms with E-state index < -0.39 is 0 Å². The molecular formula is C12H17N3O2. The third-order valence-corrected chi connectivity index (χ3v) is 2.82. The van der Waals surface area contributed by atoms with E-state index >= 15 is 0 Å². The summed E-state index contributed by atoms with van der Waals surface area (Å²) >= 11 is 0. The Balaban J connectivity index is 2.06. The molecule has 0 aliphatic carbocycles. The topological polar surface area (TPSA) is 54.5 Å². The Labute approximate surface area is 101 Å².